The number of anilines is 1. The summed E-state index contributed by atoms with van der Waals surface area (Å²) in [5.41, 5.74) is -1.10. The zero-order chi connectivity index (χ0) is 14.8. The van der Waals surface area contributed by atoms with Gasteiger partial charge in [-0.15, -0.1) is 10.2 Å². The maximum absolute atomic E-state index is 13.2. The van der Waals surface area contributed by atoms with E-state index >= 15 is 0 Å². The van der Waals surface area contributed by atoms with Gasteiger partial charge in [0.1, 0.15) is 10.8 Å². The molecule has 20 heavy (non-hydrogen) atoms. The molecule has 2 aromatic rings. The zero-order valence-corrected chi connectivity index (χ0v) is 11.3. The number of hydrogen-bond acceptors (Lipinski definition) is 4. The second-order valence-electron chi connectivity index (χ2n) is 4.03. The fourth-order valence-electron chi connectivity index (χ4n) is 1.52. The first-order valence-corrected chi connectivity index (χ1v) is 6.68. The second kappa shape index (κ2) is 5.74. The third kappa shape index (κ3) is 3.24. The van der Waals surface area contributed by atoms with Crippen LogP contribution in [0.2, 0.25) is 0 Å². The Morgan fingerprint density at radius 1 is 1.25 bits per heavy atom. The van der Waals surface area contributed by atoms with Crippen molar-refractivity contribution < 1.29 is 17.6 Å². The fourth-order valence-corrected chi connectivity index (χ4v) is 2.28. The Balaban J connectivity index is 2.31. The van der Waals surface area contributed by atoms with E-state index in [2.05, 4.69) is 15.5 Å². The number of rotatable bonds is 4. The molecule has 1 aromatic carbocycles. The summed E-state index contributed by atoms with van der Waals surface area (Å²) in [6, 6.07) is 2.80. The molecule has 108 valence electrons. The number of nitrogens with one attached hydrogen (secondary N) is 1. The molecule has 2 rings (SSSR count). The van der Waals surface area contributed by atoms with Crippen LogP contribution in [0.1, 0.15) is 18.9 Å². The maximum atomic E-state index is 13.2. The zero-order valence-electron chi connectivity index (χ0n) is 10.5. The number of aromatic nitrogens is 2. The molecule has 0 saturated heterocycles. The Morgan fingerprint density at radius 2 is 2.00 bits per heavy atom. The normalized spacial score (nSPS) is 11.7. The molecule has 0 fully saturated rings. The number of halogens is 4. The molecular weight excluding hydrogens is 294 g/mol. The summed E-state index contributed by atoms with van der Waals surface area (Å²) in [6.07, 6.45) is -3.84. The monoisotopic (exact) mass is 305 g/mol. The van der Waals surface area contributed by atoms with Crippen molar-refractivity contribution in [1.29, 1.82) is 0 Å². The van der Waals surface area contributed by atoms with Crippen molar-refractivity contribution in [3.05, 3.63) is 29.6 Å². The SMILES string of the molecule is CCCNc1nnc(-c2ccc(F)c(C(F)(F)F)c2)s1. The van der Waals surface area contributed by atoms with Gasteiger partial charge in [-0.1, -0.05) is 18.3 Å². The van der Waals surface area contributed by atoms with Crippen LogP contribution >= 0.6 is 11.3 Å². The summed E-state index contributed by atoms with van der Waals surface area (Å²) in [5.74, 6) is -1.30. The van der Waals surface area contributed by atoms with Gasteiger partial charge in [-0.05, 0) is 24.6 Å². The predicted octanol–water partition coefficient (Wildman–Crippen LogP) is 4.18. The van der Waals surface area contributed by atoms with Crippen molar-refractivity contribution in [3.8, 4) is 10.6 Å². The van der Waals surface area contributed by atoms with E-state index in [1.807, 2.05) is 6.92 Å². The smallest absolute Gasteiger partial charge is 0.360 e. The second-order valence-corrected chi connectivity index (χ2v) is 5.01. The van der Waals surface area contributed by atoms with E-state index in [0.717, 1.165) is 29.9 Å². The van der Waals surface area contributed by atoms with E-state index in [0.29, 0.717) is 16.7 Å². The van der Waals surface area contributed by atoms with Gasteiger partial charge in [0.2, 0.25) is 5.13 Å². The van der Waals surface area contributed by atoms with Crippen LogP contribution in [0.5, 0.6) is 0 Å². The lowest BCUT2D eigenvalue weighted by atomic mass is 10.1. The Hall–Kier alpha value is -1.70. The van der Waals surface area contributed by atoms with Gasteiger partial charge in [0.25, 0.3) is 0 Å². The van der Waals surface area contributed by atoms with Crippen molar-refractivity contribution in [3.63, 3.8) is 0 Å². The van der Waals surface area contributed by atoms with Gasteiger partial charge >= 0.3 is 6.18 Å². The van der Waals surface area contributed by atoms with Crippen LogP contribution in [-0.4, -0.2) is 16.7 Å². The van der Waals surface area contributed by atoms with E-state index in [9.17, 15) is 17.6 Å². The lowest BCUT2D eigenvalue weighted by Crippen LogP contribution is -2.08. The lowest BCUT2D eigenvalue weighted by molar-refractivity contribution is -0.139. The quantitative estimate of drug-likeness (QED) is 0.861. The highest BCUT2D eigenvalue weighted by atomic mass is 32.1. The molecule has 0 aliphatic carbocycles. The molecule has 0 aliphatic heterocycles. The Morgan fingerprint density at radius 3 is 2.65 bits per heavy atom. The van der Waals surface area contributed by atoms with Gasteiger partial charge in [-0.3, -0.25) is 0 Å². The number of alkyl halides is 3. The number of benzene rings is 1. The van der Waals surface area contributed by atoms with E-state index < -0.39 is 17.6 Å². The van der Waals surface area contributed by atoms with Crippen molar-refractivity contribution in [1.82, 2.24) is 10.2 Å². The molecule has 0 bridgehead atoms. The first kappa shape index (κ1) is 14.7. The summed E-state index contributed by atoms with van der Waals surface area (Å²) in [6.45, 7) is 2.68. The lowest BCUT2D eigenvalue weighted by Gasteiger charge is -2.08. The average Bonchev–Trinajstić information content (AvgIpc) is 2.84. The van der Waals surface area contributed by atoms with E-state index in [1.54, 1.807) is 0 Å². The van der Waals surface area contributed by atoms with Crippen LogP contribution in [0.25, 0.3) is 10.6 Å². The van der Waals surface area contributed by atoms with Gasteiger partial charge < -0.3 is 5.32 Å². The molecule has 0 amide bonds. The van der Waals surface area contributed by atoms with Gasteiger partial charge in [0.15, 0.2) is 0 Å². The van der Waals surface area contributed by atoms with Crippen LogP contribution in [0.3, 0.4) is 0 Å². The average molecular weight is 305 g/mol. The predicted molar refractivity (Wildman–Crippen MR) is 69.1 cm³/mol. The summed E-state index contributed by atoms with van der Waals surface area (Å²) in [5, 5.41) is 11.5. The summed E-state index contributed by atoms with van der Waals surface area (Å²) in [7, 11) is 0. The molecule has 0 spiro atoms. The Labute approximate surface area is 116 Å². The van der Waals surface area contributed by atoms with Gasteiger partial charge in [-0.25, -0.2) is 4.39 Å². The van der Waals surface area contributed by atoms with Crippen LogP contribution in [0, 0.1) is 5.82 Å². The van der Waals surface area contributed by atoms with Crippen molar-refractivity contribution in [2.75, 3.05) is 11.9 Å². The third-order valence-electron chi connectivity index (χ3n) is 2.47. The third-order valence-corrected chi connectivity index (χ3v) is 3.40. The van der Waals surface area contributed by atoms with Gasteiger partial charge in [0.05, 0.1) is 5.56 Å². The summed E-state index contributed by atoms with van der Waals surface area (Å²) < 4.78 is 51.1. The molecule has 1 aromatic heterocycles. The molecular formula is C12H11F4N3S. The fraction of sp³-hybridized carbons (Fsp3) is 0.333. The molecule has 0 unspecified atom stereocenters. The molecule has 0 radical (unpaired) electrons. The number of hydrogen-bond donors (Lipinski definition) is 1. The highest BCUT2D eigenvalue weighted by molar-refractivity contribution is 7.18. The van der Waals surface area contributed by atoms with E-state index in [4.69, 9.17) is 0 Å². The molecule has 1 heterocycles. The highest BCUT2D eigenvalue weighted by Gasteiger charge is 2.34. The molecule has 0 aliphatic rings. The minimum atomic E-state index is -4.73. The van der Waals surface area contributed by atoms with Crippen molar-refractivity contribution in [2.24, 2.45) is 0 Å². The maximum Gasteiger partial charge on any atom is 0.419 e. The molecule has 1 N–H and O–H groups in total. The first-order chi connectivity index (χ1) is 9.41. The minimum absolute atomic E-state index is 0.195. The summed E-state index contributed by atoms with van der Waals surface area (Å²) >= 11 is 1.13. The van der Waals surface area contributed by atoms with E-state index in [-0.39, 0.29) is 5.56 Å². The largest absolute Gasteiger partial charge is 0.419 e. The molecule has 8 heteroatoms. The Bertz CT molecular complexity index is 595. The summed E-state index contributed by atoms with van der Waals surface area (Å²) in [4.78, 5) is 0. The van der Waals surface area contributed by atoms with Crippen LogP contribution in [0.15, 0.2) is 18.2 Å². The van der Waals surface area contributed by atoms with Crippen LogP contribution < -0.4 is 5.32 Å². The standard InChI is InChI=1S/C12H11F4N3S/c1-2-5-17-11-19-18-10(20-11)7-3-4-9(13)8(6-7)12(14,15)16/h3-4,6H,2,5H2,1H3,(H,17,19). The Kier molecular flexibility index (Phi) is 4.22. The topological polar surface area (TPSA) is 37.8 Å². The van der Waals surface area contributed by atoms with Crippen molar-refractivity contribution >= 4 is 16.5 Å². The minimum Gasteiger partial charge on any atom is -0.360 e. The van der Waals surface area contributed by atoms with Crippen molar-refractivity contribution in [2.45, 2.75) is 19.5 Å². The van der Waals surface area contributed by atoms with Crippen LogP contribution in [0.4, 0.5) is 22.7 Å². The van der Waals surface area contributed by atoms with E-state index in [1.165, 1.54) is 6.07 Å². The first-order valence-electron chi connectivity index (χ1n) is 5.86. The number of nitrogens with zero attached hydrogens (tertiary/aromatic N) is 2. The molecule has 0 saturated carbocycles. The van der Waals surface area contributed by atoms with Gasteiger partial charge in [0, 0.05) is 12.1 Å². The van der Waals surface area contributed by atoms with Crippen LogP contribution in [-0.2, 0) is 6.18 Å². The highest BCUT2D eigenvalue weighted by Crippen LogP contribution is 2.35. The molecule has 0 atom stereocenters. The molecule has 3 nitrogen and oxygen atoms in total. The van der Waals surface area contributed by atoms with Gasteiger partial charge in [-0.2, -0.15) is 13.2 Å².